The number of nitrogens with zero attached hydrogens (tertiary/aromatic N) is 1. The molecule has 1 aliphatic rings. The predicted molar refractivity (Wildman–Crippen MR) is 131 cm³/mol. The van der Waals surface area contributed by atoms with Crippen LogP contribution in [0.1, 0.15) is 30.7 Å². The van der Waals surface area contributed by atoms with Crippen LogP contribution in [-0.2, 0) is 11.2 Å². The number of allylic oxidation sites excluding steroid dienone is 2. The van der Waals surface area contributed by atoms with E-state index in [-0.39, 0.29) is 6.61 Å². The maximum atomic E-state index is 10.8. The topological polar surface area (TPSA) is 72.6 Å². The summed E-state index contributed by atoms with van der Waals surface area (Å²) in [4.78, 5) is 15.8. The first kappa shape index (κ1) is 21.7. The molecule has 0 atom stereocenters. The lowest BCUT2D eigenvalue weighted by atomic mass is 10.0. The van der Waals surface area contributed by atoms with Gasteiger partial charge in [-0.3, -0.25) is 0 Å². The lowest BCUT2D eigenvalue weighted by molar-refractivity contribution is -0.139. The van der Waals surface area contributed by atoms with E-state index in [1.54, 1.807) is 6.07 Å². The van der Waals surface area contributed by atoms with Crippen LogP contribution in [0.25, 0.3) is 28.2 Å². The van der Waals surface area contributed by atoms with Crippen molar-refractivity contribution >= 4 is 11.5 Å². The SMILES string of the molecule is O=C(O)COc1cccc(CC2=C(c3nc(-c4ccccc4)c(-c4ccccc4)o3)CCC2)c1. The van der Waals surface area contributed by atoms with Gasteiger partial charge in [0.2, 0.25) is 5.89 Å². The summed E-state index contributed by atoms with van der Waals surface area (Å²) in [5.41, 5.74) is 6.43. The lowest BCUT2D eigenvalue weighted by Crippen LogP contribution is -2.09. The van der Waals surface area contributed by atoms with Crippen molar-refractivity contribution in [3.05, 3.63) is 102 Å². The third-order valence-corrected chi connectivity index (χ3v) is 5.98. The molecule has 1 aliphatic carbocycles. The molecular weight excluding hydrogens is 426 g/mol. The third kappa shape index (κ3) is 4.79. The zero-order chi connectivity index (χ0) is 23.3. The lowest BCUT2D eigenvalue weighted by Gasteiger charge is -2.08. The van der Waals surface area contributed by atoms with E-state index >= 15 is 0 Å². The van der Waals surface area contributed by atoms with E-state index in [1.807, 2.05) is 66.7 Å². The molecule has 3 aromatic carbocycles. The highest BCUT2D eigenvalue weighted by Crippen LogP contribution is 2.40. The Morgan fingerprint density at radius 3 is 2.38 bits per heavy atom. The number of rotatable bonds is 8. The average molecular weight is 452 g/mol. The Morgan fingerprint density at radius 2 is 1.65 bits per heavy atom. The third-order valence-electron chi connectivity index (χ3n) is 5.98. The van der Waals surface area contributed by atoms with Gasteiger partial charge in [-0.05, 0) is 43.4 Å². The molecular formula is C29H25NO4. The number of carbonyl (C=O) groups is 1. The summed E-state index contributed by atoms with van der Waals surface area (Å²) in [5.74, 6) is 1.04. The highest BCUT2D eigenvalue weighted by molar-refractivity contribution is 5.79. The van der Waals surface area contributed by atoms with Crippen molar-refractivity contribution in [2.75, 3.05) is 6.61 Å². The van der Waals surface area contributed by atoms with Crippen molar-refractivity contribution in [2.45, 2.75) is 25.7 Å². The van der Waals surface area contributed by atoms with E-state index in [1.165, 1.54) is 5.57 Å². The van der Waals surface area contributed by atoms with E-state index in [2.05, 4.69) is 12.1 Å². The number of aromatic nitrogens is 1. The highest BCUT2D eigenvalue weighted by Gasteiger charge is 2.24. The maximum Gasteiger partial charge on any atom is 0.341 e. The van der Waals surface area contributed by atoms with E-state index in [9.17, 15) is 4.79 Å². The van der Waals surface area contributed by atoms with Crippen LogP contribution in [0.2, 0.25) is 0 Å². The Kier molecular flexibility index (Phi) is 6.25. The molecule has 0 radical (unpaired) electrons. The fraction of sp³-hybridized carbons (Fsp3) is 0.172. The molecule has 34 heavy (non-hydrogen) atoms. The molecule has 1 N–H and O–H groups in total. The quantitative estimate of drug-likeness (QED) is 0.325. The minimum atomic E-state index is -0.987. The summed E-state index contributed by atoms with van der Waals surface area (Å²) in [6, 6.07) is 27.9. The summed E-state index contributed by atoms with van der Waals surface area (Å²) < 4.78 is 11.8. The van der Waals surface area contributed by atoms with Gasteiger partial charge in [0.25, 0.3) is 0 Å². The number of aliphatic carboxylic acids is 1. The molecule has 1 aromatic heterocycles. The summed E-state index contributed by atoms with van der Waals surface area (Å²) in [6.45, 7) is -0.349. The first-order chi connectivity index (χ1) is 16.7. The molecule has 1 heterocycles. The molecule has 0 aliphatic heterocycles. The van der Waals surface area contributed by atoms with Gasteiger partial charge >= 0.3 is 5.97 Å². The fourth-order valence-corrected chi connectivity index (χ4v) is 4.42. The number of carboxylic acids is 1. The van der Waals surface area contributed by atoms with Crippen LogP contribution in [0.5, 0.6) is 5.75 Å². The first-order valence-corrected chi connectivity index (χ1v) is 11.4. The van der Waals surface area contributed by atoms with Crippen LogP contribution >= 0.6 is 0 Å². The highest BCUT2D eigenvalue weighted by atomic mass is 16.5. The number of ether oxygens (including phenoxy) is 1. The normalized spacial score (nSPS) is 13.3. The monoisotopic (exact) mass is 451 g/mol. The Balaban J connectivity index is 1.50. The number of oxazole rings is 1. The van der Waals surface area contributed by atoms with Crippen molar-refractivity contribution in [3.8, 4) is 28.3 Å². The van der Waals surface area contributed by atoms with Crippen molar-refractivity contribution in [1.82, 2.24) is 4.98 Å². The van der Waals surface area contributed by atoms with Gasteiger partial charge in [-0.2, -0.15) is 0 Å². The summed E-state index contributed by atoms with van der Waals surface area (Å²) >= 11 is 0. The average Bonchev–Trinajstić information content (AvgIpc) is 3.51. The van der Waals surface area contributed by atoms with Crippen molar-refractivity contribution in [2.24, 2.45) is 0 Å². The van der Waals surface area contributed by atoms with Gasteiger partial charge in [0, 0.05) is 16.7 Å². The van der Waals surface area contributed by atoms with Gasteiger partial charge in [0.05, 0.1) is 0 Å². The molecule has 0 fully saturated rings. The Bertz CT molecular complexity index is 1270. The second-order valence-electron chi connectivity index (χ2n) is 8.37. The second-order valence-corrected chi connectivity index (χ2v) is 8.37. The van der Waals surface area contributed by atoms with Crippen LogP contribution in [0, 0.1) is 0 Å². The Hall–Kier alpha value is -4.12. The number of hydrogen-bond donors (Lipinski definition) is 1. The minimum absolute atomic E-state index is 0.349. The summed E-state index contributed by atoms with van der Waals surface area (Å²) in [6.07, 6.45) is 3.72. The van der Waals surface area contributed by atoms with Crippen LogP contribution in [0.15, 0.2) is 94.9 Å². The van der Waals surface area contributed by atoms with Crippen LogP contribution < -0.4 is 4.74 Å². The maximum absolute atomic E-state index is 10.8. The Labute approximate surface area is 198 Å². The molecule has 0 unspecified atom stereocenters. The van der Waals surface area contributed by atoms with Crippen molar-refractivity contribution in [3.63, 3.8) is 0 Å². The predicted octanol–water partition coefficient (Wildman–Crippen LogP) is 6.65. The first-order valence-electron chi connectivity index (χ1n) is 11.4. The smallest absolute Gasteiger partial charge is 0.341 e. The number of benzene rings is 3. The van der Waals surface area contributed by atoms with Gasteiger partial charge in [-0.15, -0.1) is 0 Å². The molecule has 0 saturated heterocycles. The van der Waals surface area contributed by atoms with Crippen molar-refractivity contribution < 1.29 is 19.1 Å². The van der Waals surface area contributed by atoms with E-state index in [0.29, 0.717) is 11.6 Å². The molecule has 5 nitrogen and oxygen atoms in total. The number of carboxylic acid groups (broad SMARTS) is 1. The largest absolute Gasteiger partial charge is 0.482 e. The second kappa shape index (κ2) is 9.79. The van der Waals surface area contributed by atoms with Gasteiger partial charge in [-0.1, -0.05) is 78.4 Å². The summed E-state index contributed by atoms with van der Waals surface area (Å²) in [5, 5.41) is 8.87. The van der Waals surface area contributed by atoms with Gasteiger partial charge in [0.1, 0.15) is 11.4 Å². The van der Waals surface area contributed by atoms with Gasteiger partial charge in [0.15, 0.2) is 12.4 Å². The minimum Gasteiger partial charge on any atom is -0.482 e. The zero-order valence-electron chi connectivity index (χ0n) is 18.7. The van der Waals surface area contributed by atoms with E-state index < -0.39 is 5.97 Å². The zero-order valence-corrected chi connectivity index (χ0v) is 18.7. The van der Waals surface area contributed by atoms with Crippen LogP contribution in [-0.4, -0.2) is 22.7 Å². The molecule has 0 amide bonds. The standard InChI is InChI=1S/C29H25NO4/c31-26(32)19-33-24-15-7-9-20(18-24)17-23-14-8-16-25(23)29-30-27(21-10-3-1-4-11-21)28(34-29)22-12-5-2-6-13-22/h1-7,9-13,15,18H,8,14,16-17,19H2,(H,31,32). The summed E-state index contributed by atoms with van der Waals surface area (Å²) in [7, 11) is 0. The van der Waals surface area contributed by atoms with Crippen LogP contribution in [0.3, 0.4) is 0 Å². The molecule has 4 aromatic rings. The molecule has 5 heteroatoms. The molecule has 0 spiro atoms. The van der Waals surface area contributed by atoms with E-state index in [4.69, 9.17) is 19.2 Å². The van der Waals surface area contributed by atoms with Crippen molar-refractivity contribution in [1.29, 1.82) is 0 Å². The Morgan fingerprint density at radius 1 is 0.912 bits per heavy atom. The van der Waals surface area contributed by atoms with Gasteiger partial charge in [-0.25, -0.2) is 9.78 Å². The molecule has 0 bridgehead atoms. The van der Waals surface area contributed by atoms with Gasteiger partial charge < -0.3 is 14.3 Å². The molecule has 0 saturated carbocycles. The molecule has 170 valence electrons. The van der Waals surface area contributed by atoms with E-state index in [0.717, 1.165) is 59.4 Å². The number of hydrogen-bond acceptors (Lipinski definition) is 4. The fourth-order valence-electron chi connectivity index (χ4n) is 4.42. The van der Waals surface area contributed by atoms with Crippen LogP contribution in [0.4, 0.5) is 0 Å². The molecule has 5 rings (SSSR count).